The van der Waals surface area contributed by atoms with Crippen molar-refractivity contribution >= 4 is 17.5 Å². The molecule has 0 aliphatic rings. The van der Waals surface area contributed by atoms with Gasteiger partial charge in [0.15, 0.2) is 0 Å². The minimum atomic E-state index is -1.17. The van der Waals surface area contributed by atoms with Crippen molar-refractivity contribution in [3.8, 4) is 0 Å². The van der Waals surface area contributed by atoms with Crippen molar-refractivity contribution in [2.75, 3.05) is 6.54 Å². The molecule has 5 nitrogen and oxygen atoms in total. The maximum Gasteiger partial charge on any atom is 0.226 e. The Balaban J connectivity index is 2.00. The second-order valence-electron chi connectivity index (χ2n) is 7.05. The highest BCUT2D eigenvalue weighted by molar-refractivity contribution is 6.30. The summed E-state index contributed by atoms with van der Waals surface area (Å²) in [5.74, 6) is -0.119. The number of benzene rings is 1. The number of halogens is 1. The van der Waals surface area contributed by atoms with Crippen molar-refractivity contribution in [3.05, 3.63) is 52.8 Å². The molecule has 0 fully saturated rings. The highest BCUT2D eigenvalue weighted by Crippen LogP contribution is 2.25. The number of carbonyl (C=O) groups excluding carboxylic acids is 1. The van der Waals surface area contributed by atoms with Gasteiger partial charge in [0.05, 0.1) is 12.7 Å². The van der Waals surface area contributed by atoms with E-state index in [1.165, 1.54) is 0 Å². The third-order valence-electron chi connectivity index (χ3n) is 4.07. The standard InChI is InChI=1S/C18H24ClN3O2/c1-17(2,9-13-6-5-7-15(19)8-13)16(23)20-12-18(3,24)14-10-21-22(4)11-14/h5-8,10-11,24H,9,12H2,1-4H3,(H,20,23). The SMILES string of the molecule is Cn1cc(C(C)(O)CNC(=O)C(C)(C)Cc2cccc(Cl)c2)cn1. The Hall–Kier alpha value is -1.85. The van der Waals surface area contributed by atoms with E-state index in [1.807, 2.05) is 38.1 Å². The number of aliphatic hydroxyl groups is 1. The van der Waals surface area contributed by atoms with Crippen LogP contribution in [-0.2, 0) is 23.9 Å². The number of hydrogen-bond donors (Lipinski definition) is 2. The van der Waals surface area contributed by atoms with Crippen LogP contribution in [0.2, 0.25) is 5.02 Å². The Morgan fingerprint density at radius 1 is 1.38 bits per heavy atom. The maximum absolute atomic E-state index is 12.6. The van der Waals surface area contributed by atoms with E-state index < -0.39 is 11.0 Å². The first-order chi connectivity index (χ1) is 11.1. The van der Waals surface area contributed by atoms with Crippen LogP contribution in [0.5, 0.6) is 0 Å². The average Bonchev–Trinajstić information content (AvgIpc) is 2.92. The summed E-state index contributed by atoms with van der Waals surface area (Å²) in [5.41, 5.74) is -0.120. The Morgan fingerprint density at radius 3 is 2.67 bits per heavy atom. The van der Waals surface area contributed by atoms with E-state index in [-0.39, 0.29) is 12.5 Å². The summed E-state index contributed by atoms with van der Waals surface area (Å²) < 4.78 is 1.62. The first-order valence-electron chi connectivity index (χ1n) is 7.84. The molecular weight excluding hydrogens is 326 g/mol. The van der Waals surface area contributed by atoms with Gasteiger partial charge in [0.1, 0.15) is 5.60 Å². The third kappa shape index (κ3) is 4.58. The van der Waals surface area contributed by atoms with Gasteiger partial charge in [-0.3, -0.25) is 9.48 Å². The molecule has 2 rings (SSSR count). The van der Waals surface area contributed by atoms with Crippen molar-refractivity contribution in [1.29, 1.82) is 0 Å². The zero-order valence-electron chi connectivity index (χ0n) is 14.5. The molecular formula is C18H24ClN3O2. The first kappa shape index (κ1) is 18.5. The van der Waals surface area contributed by atoms with Crippen LogP contribution in [0.1, 0.15) is 31.9 Å². The van der Waals surface area contributed by atoms with Crippen LogP contribution in [0, 0.1) is 5.41 Å². The van der Waals surface area contributed by atoms with Crippen LogP contribution in [0.15, 0.2) is 36.7 Å². The van der Waals surface area contributed by atoms with E-state index in [1.54, 1.807) is 31.0 Å². The molecule has 0 radical (unpaired) electrons. The van der Waals surface area contributed by atoms with Crippen molar-refractivity contribution in [2.24, 2.45) is 12.5 Å². The second kappa shape index (κ2) is 6.95. The molecule has 2 N–H and O–H groups in total. The Morgan fingerprint density at radius 2 is 2.08 bits per heavy atom. The van der Waals surface area contributed by atoms with Gasteiger partial charge < -0.3 is 10.4 Å². The molecule has 1 amide bonds. The Bertz CT molecular complexity index is 723. The predicted octanol–water partition coefficient (Wildman–Crippen LogP) is 2.67. The number of rotatable bonds is 6. The monoisotopic (exact) mass is 349 g/mol. The fourth-order valence-electron chi connectivity index (χ4n) is 2.53. The quantitative estimate of drug-likeness (QED) is 0.842. The maximum atomic E-state index is 12.6. The lowest BCUT2D eigenvalue weighted by atomic mass is 9.84. The van der Waals surface area contributed by atoms with Gasteiger partial charge in [0.2, 0.25) is 5.91 Å². The zero-order valence-corrected chi connectivity index (χ0v) is 15.3. The van der Waals surface area contributed by atoms with Gasteiger partial charge >= 0.3 is 0 Å². The molecule has 0 aliphatic carbocycles. The molecule has 0 aliphatic heterocycles. The van der Waals surface area contributed by atoms with Crippen molar-refractivity contribution in [2.45, 2.75) is 32.8 Å². The van der Waals surface area contributed by atoms with Crippen LogP contribution in [0.3, 0.4) is 0 Å². The molecule has 0 spiro atoms. The van der Waals surface area contributed by atoms with Crippen LogP contribution in [0.25, 0.3) is 0 Å². The molecule has 6 heteroatoms. The molecule has 1 aromatic carbocycles. The minimum Gasteiger partial charge on any atom is -0.383 e. The van der Waals surface area contributed by atoms with Crippen molar-refractivity contribution in [1.82, 2.24) is 15.1 Å². The number of hydrogen-bond acceptors (Lipinski definition) is 3. The van der Waals surface area contributed by atoms with Gasteiger partial charge in [-0.25, -0.2) is 0 Å². The van der Waals surface area contributed by atoms with E-state index in [2.05, 4.69) is 10.4 Å². The summed E-state index contributed by atoms with van der Waals surface area (Å²) in [7, 11) is 1.78. The number of aromatic nitrogens is 2. The lowest BCUT2D eigenvalue weighted by Crippen LogP contribution is -2.44. The summed E-state index contributed by atoms with van der Waals surface area (Å²) in [6, 6.07) is 7.50. The molecule has 0 saturated heterocycles. The fraction of sp³-hybridized carbons (Fsp3) is 0.444. The highest BCUT2D eigenvalue weighted by Gasteiger charge is 2.31. The normalized spacial score (nSPS) is 14.2. The largest absolute Gasteiger partial charge is 0.383 e. The van der Waals surface area contributed by atoms with Gasteiger partial charge in [-0.15, -0.1) is 0 Å². The summed E-state index contributed by atoms with van der Waals surface area (Å²) in [6.45, 7) is 5.54. The van der Waals surface area contributed by atoms with E-state index in [0.29, 0.717) is 17.0 Å². The summed E-state index contributed by atoms with van der Waals surface area (Å²) in [4.78, 5) is 12.6. The smallest absolute Gasteiger partial charge is 0.226 e. The van der Waals surface area contributed by atoms with E-state index in [0.717, 1.165) is 5.56 Å². The minimum absolute atomic E-state index is 0.119. The number of nitrogens with zero attached hydrogens (tertiary/aromatic N) is 2. The third-order valence-corrected chi connectivity index (χ3v) is 4.30. The van der Waals surface area contributed by atoms with Crippen LogP contribution < -0.4 is 5.32 Å². The van der Waals surface area contributed by atoms with Gasteiger partial charge in [-0.05, 0) is 31.0 Å². The molecule has 0 saturated carbocycles. The number of nitrogens with one attached hydrogen (secondary N) is 1. The van der Waals surface area contributed by atoms with E-state index >= 15 is 0 Å². The van der Waals surface area contributed by atoms with Gasteiger partial charge in [-0.2, -0.15) is 5.10 Å². The Kier molecular flexibility index (Phi) is 5.35. The van der Waals surface area contributed by atoms with Gasteiger partial charge in [-0.1, -0.05) is 37.6 Å². The first-order valence-corrected chi connectivity index (χ1v) is 8.22. The molecule has 1 heterocycles. The molecule has 130 valence electrons. The topological polar surface area (TPSA) is 67.2 Å². The van der Waals surface area contributed by atoms with Gasteiger partial charge in [0, 0.05) is 29.2 Å². The summed E-state index contributed by atoms with van der Waals surface area (Å²) >= 11 is 6.00. The molecule has 2 aromatic rings. The molecule has 0 bridgehead atoms. The summed E-state index contributed by atoms with van der Waals surface area (Å²) in [6.07, 6.45) is 3.90. The average molecular weight is 350 g/mol. The van der Waals surface area contributed by atoms with Gasteiger partial charge in [0.25, 0.3) is 0 Å². The van der Waals surface area contributed by atoms with Crippen LogP contribution in [0.4, 0.5) is 0 Å². The predicted molar refractivity (Wildman–Crippen MR) is 94.7 cm³/mol. The van der Waals surface area contributed by atoms with Crippen LogP contribution >= 0.6 is 11.6 Å². The Labute approximate surface area is 147 Å². The number of amides is 1. The second-order valence-corrected chi connectivity index (χ2v) is 7.49. The van der Waals surface area contributed by atoms with Crippen molar-refractivity contribution in [3.63, 3.8) is 0 Å². The molecule has 1 atom stereocenters. The number of aryl methyl sites for hydroxylation is 1. The van der Waals surface area contributed by atoms with Crippen molar-refractivity contribution < 1.29 is 9.90 Å². The lowest BCUT2D eigenvalue weighted by molar-refractivity contribution is -0.130. The van der Waals surface area contributed by atoms with E-state index in [4.69, 9.17) is 11.6 Å². The van der Waals surface area contributed by atoms with Crippen LogP contribution in [-0.4, -0.2) is 27.3 Å². The molecule has 1 aromatic heterocycles. The molecule has 24 heavy (non-hydrogen) atoms. The summed E-state index contributed by atoms with van der Waals surface area (Å²) in [5, 5.41) is 18.1. The number of carbonyl (C=O) groups is 1. The van der Waals surface area contributed by atoms with E-state index in [9.17, 15) is 9.90 Å². The lowest BCUT2D eigenvalue weighted by Gasteiger charge is -2.28. The highest BCUT2D eigenvalue weighted by atomic mass is 35.5. The zero-order chi connectivity index (χ0) is 18.0. The molecule has 1 unspecified atom stereocenters. The fourth-order valence-corrected chi connectivity index (χ4v) is 2.74.